The number of carbonyl (C=O) groups is 1. The van der Waals surface area contributed by atoms with Gasteiger partial charge in [-0.05, 0) is 18.9 Å². The Hall–Kier alpha value is -2.54. The van der Waals surface area contributed by atoms with E-state index in [1.54, 1.807) is 20.1 Å². The molecule has 1 aromatic carbocycles. The van der Waals surface area contributed by atoms with Crippen LogP contribution in [0.25, 0.3) is 11.0 Å². The third-order valence-electron chi connectivity index (χ3n) is 4.41. The van der Waals surface area contributed by atoms with E-state index in [2.05, 4.69) is 0 Å². The quantitative estimate of drug-likeness (QED) is 0.763. The van der Waals surface area contributed by atoms with Crippen LogP contribution in [-0.2, 0) is 17.8 Å². The van der Waals surface area contributed by atoms with Crippen LogP contribution in [0.3, 0.4) is 0 Å². The van der Waals surface area contributed by atoms with Crippen LogP contribution in [0.15, 0.2) is 15.3 Å². The zero-order valence-corrected chi connectivity index (χ0v) is 14.8. The van der Waals surface area contributed by atoms with Gasteiger partial charge in [-0.25, -0.2) is 4.79 Å². The van der Waals surface area contributed by atoms with E-state index in [-0.39, 0.29) is 5.78 Å². The van der Waals surface area contributed by atoms with E-state index in [1.165, 1.54) is 14.2 Å². The van der Waals surface area contributed by atoms with Crippen LogP contribution in [0.2, 0.25) is 0 Å². The van der Waals surface area contributed by atoms with E-state index in [4.69, 9.17) is 18.6 Å². The van der Waals surface area contributed by atoms with E-state index in [0.29, 0.717) is 54.5 Å². The molecule has 0 saturated carbocycles. The number of ketones is 1. The first-order chi connectivity index (χ1) is 12.0. The molecular weight excluding hydrogens is 326 g/mol. The van der Waals surface area contributed by atoms with Gasteiger partial charge in [0.25, 0.3) is 0 Å². The van der Waals surface area contributed by atoms with Crippen molar-refractivity contribution in [1.82, 2.24) is 4.90 Å². The average Bonchev–Trinajstić information content (AvgIpc) is 2.59. The fourth-order valence-corrected chi connectivity index (χ4v) is 3.39. The molecule has 0 aliphatic carbocycles. The molecule has 7 nitrogen and oxygen atoms in total. The van der Waals surface area contributed by atoms with E-state index >= 15 is 0 Å². The van der Waals surface area contributed by atoms with Crippen LogP contribution in [0.1, 0.15) is 18.1 Å². The van der Waals surface area contributed by atoms with Crippen molar-refractivity contribution in [2.45, 2.75) is 19.9 Å². The highest BCUT2D eigenvalue weighted by Gasteiger charge is 2.27. The van der Waals surface area contributed by atoms with Crippen molar-refractivity contribution in [3.63, 3.8) is 0 Å². The van der Waals surface area contributed by atoms with Crippen LogP contribution in [-0.4, -0.2) is 45.1 Å². The van der Waals surface area contributed by atoms with Gasteiger partial charge in [-0.2, -0.15) is 0 Å². The molecule has 1 aromatic heterocycles. The van der Waals surface area contributed by atoms with Crippen molar-refractivity contribution >= 4 is 16.8 Å². The first-order valence-corrected chi connectivity index (χ1v) is 7.99. The minimum Gasteiger partial charge on any atom is -0.493 e. The van der Waals surface area contributed by atoms with Crippen LogP contribution in [0, 0.1) is 0 Å². The summed E-state index contributed by atoms with van der Waals surface area (Å²) in [5.41, 5.74) is 1.44. The maximum Gasteiger partial charge on any atom is 0.341 e. The molecular formula is C18H21NO6. The summed E-state index contributed by atoms with van der Waals surface area (Å²) in [6.07, 6.45) is 0.622. The molecule has 0 spiro atoms. The van der Waals surface area contributed by atoms with Gasteiger partial charge in [-0.15, -0.1) is 0 Å². The highest BCUT2D eigenvalue weighted by Crippen LogP contribution is 2.45. The molecule has 0 N–H and O–H groups in total. The lowest BCUT2D eigenvalue weighted by Crippen LogP contribution is -2.36. The number of rotatable bonds is 5. The number of hydrogen-bond donors (Lipinski definition) is 0. The third-order valence-corrected chi connectivity index (χ3v) is 4.41. The molecule has 0 atom stereocenters. The molecule has 1 aliphatic rings. The molecule has 2 aromatic rings. The Balaban J connectivity index is 2.25. The van der Waals surface area contributed by atoms with Gasteiger partial charge in [0.05, 0.1) is 38.8 Å². The predicted octanol–water partition coefficient (Wildman–Crippen LogP) is 1.77. The predicted molar refractivity (Wildman–Crippen MR) is 91.8 cm³/mol. The Labute approximate surface area is 145 Å². The van der Waals surface area contributed by atoms with E-state index in [0.717, 1.165) is 10.9 Å². The molecule has 2 heterocycles. The number of methoxy groups -OCH3 is 3. The summed E-state index contributed by atoms with van der Waals surface area (Å²) in [5, 5.41) is 0.720. The molecule has 0 fully saturated rings. The minimum atomic E-state index is -0.398. The standard InChI is InChI=1S/C18H21NO6/c1-10(20)8-19-6-5-11-12(9-19)18(21)25-13-7-14(22-2)16(23-3)17(24-4)15(11)13/h7H,5-6,8-9H2,1-4H3. The smallest absolute Gasteiger partial charge is 0.341 e. The lowest BCUT2D eigenvalue weighted by atomic mass is 9.96. The molecule has 25 heavy (non-hydrogen) atoms. The van der Waals surface area contributed by atoms with Crippen LogP contribution < -0.4 is 19.8 Å². The Kier molecular flexibility index (Phi) is 4.67. The molecule has 134 valence electrons. The highest BCUT2D eigenvalue weighted by molar-refractivity contribution is 5.92. The van der Waals surface area contributed by atoms with Gasteiger partial charge < -0.3 is 18.6 Å². The first-order valence-electron chi connectivity index (χ1n) is 7.99. The zero-order valence-electron chi connectivity index (χ0n) is 14.8. The maximum atomic E-state index is 12.5. The fraction of sp³-hybridized carbons (Fsp3) is 0.444. The van der Waals surface area contributed by atoms with Crippen LogP contribution in [0.5, 0.6) is 17.2 Å². The number of fused-ring (bicyclic) bond motifs is 3. The summed E-state index contributed by atoms with van der Waals surface area (Å²) < 4.78 is 21.8. The van der Waals surface area contributed by atoms with Crippen molar-refractivity contribution in [2.24, 2.45) is 0 Å². The van der Waals surface area contributed by atoms with Crippen molar-refractivity contribution in [3.8, 4) is 17.2 Å². The fourth-order valence-electron chi connectivity index (χ4n) is 3.39. The molecule has 7 heteroatoms. The zero-order chi connectivity index (χ0) is 18.1. The van der Waals surface area contributed by atoms with Gasteiger partial charge in [0.2, 0.25) is 5.75 Å². The number of nitrogens with zero attached hydrogens (tertiary/aromatic N) is 1. The molecule has 1 aliphatic heterocycles. The average molecular weight is 347 g/mol. The Morgan fingerprint density at radius 2 is 1.88 bits per heavy atom. The highest BCUT2D eigenvalue weighted by atomic mass is 16.5. The van der Waals surface area contributed by atoms with Gasteiger partial charge in [0, 0.05) is 19.2 Å². The molecule has 0 amide bonds. The third kappa shape index (κ3) is 2.95. The summed E-state index contributed by atoms with van der Waals surface area (Å²) in [5.74, 6) is 1.44. The van der Waals surface area contributed by atoms with E-state index in [9.17, 15) is 9.59 Å². The Bertz CT molecular complexity index is 885. The molecule has 0 radical (unpaired) electrons. The first kappa shape index (κ1) is 17.3. The number of benzene rings is 1. The van der Waals surface area contributed by atoms with Gasteiger partial charge in [-0.1, -0.05) is 0 Å². The van der Waals surface area contributed by atoms with Gasteiger partial charge >= 0.3 is 5.63 Å². The van der Waals surface area contributed by atoms with E-state index < -0.39 is 5.63 Å². The molecule has 0 unspecified atom stereocenters. The number of carbonyl (C=O) groups excluding carboxylic acids is 1. The van der Waals surface area contributed by atoms with Gasteiger partial charge in [0.15, 0.2) is 11.5 Å². The monoisotopic (exact) mass is 347 g/mol. The summed E-state index contributed by atoms with van der Waals surface area (Å²) in [7, 11) is 4.59. The van der Waals surface area contributed by atoms with Gasteiger partial charge in [0.1, 0.15) is 11.4 Å². The summed E-state index contributed by atoms with van der Waals surface area (Å²) >= 11 is 0. The topological polar surface area (TPSA) is 78.2 Å². The summed E-state index contributed by atoms with van der Waals surface area (Å²) in [6, 6.07) is 1.64. The molecule has 3 rings (SSSR count). The van der Waals surface area contributed by atoms with Crippen LogP contribution >= 0.6 is 0 Å². The van der Waals surface area contributed by atoms with Gasteiger partial charge in [-0.3, -0.25) is 9.69 Å². The van der Waals surface area contributed by atoms with Crippen LogP contribution in [0.4, 0.5) is 0 Å². The Morgan fingerprint density at radius 1 is 1.16 bits per heavy atom. The van der Waals surface area contributed by atoms with Crippen molar-refractivity contribution in [2.75, 3.05) is 34.4 Å². The second-order valence-corrected chi connectivity index (χ2v) is 6.03. The van der Waals surface area contributed by atoms with Crippen molar-refractivity contribution in [1.29, 1.82) is 0 Å². The normalized spacial score (nSPS) is 14.2. The lowest BCUT2D eigenvalue weighted by molar-refractivity contribution is -0.118. The summed E-state index contributed by atoms with van der Waals surface area (Å²) in [6.45, 7) is 2.92. The Morgan fingerprint density at radius 3 is 2.48 bits per heavy atom. The molecule has 0 saturated heterocycles. The van der Waals surface area contributed by atoms with Crippen molar-refractivity contribution in [3.05, 3.63) is 27.6 Å². The maximum absolute atomic E-state index is 12.5. The minimum absolute atomic E-state index is 0.0672. The second-order valence-electron chi connectivity index (χ2n) is 6.03. The second kappa shape index (κ2) is 6.76. The number of ether oxygens (including phenoxy) is 3. The largest absolute Gasteiger partial charge is 0.493 e. The lowest BCUT2D eigenvalue weighted by Gasteiger charge is -2.28. The van der Waals surface area contributed by atoms with E-state index in [1.807, 2.05) is 4.90 Å². The molecule has 0 bridgehead atoms. The van der Waals surface area contributed by atoms with Crippen molar-refractivity contribution < 1.29 is 23.4 Å². The SMILES string of the molecule is COc1cc2oc(=O)c3c(c2c(OC)c1OC)CCN(CC(C)=O)C3. The number of Topliss-reactive ketones (excluding diaryl/α,β-unsaturated/α-hetero) is 1. The summed E-state index contributed by atoms with van der Waals surface area (Å²) in [4.78, 5) is 25.8. The number of hydrogen-bond acceptors (Lipinski definition) is 7.